The van der Waals surface area contributed by atoms with Crippen LogP contribution in [0, 0.1) is 0 Å². The van der Waals surface area contributed by atoms with Crippen molar-refractivity contribution in [2.75, 3.05) is 17.8 Å². The van der Waals surface area contributed by atoms with Crippen molar-refractivity contribution in [2.45, 2.75) is 24.4 Å². The molecule has 1 atom stereocenters. The monoisotopic (exact) mass is 441 g/mol. The van der Waals surface area contributed by atoms with E-state index >= 15 is 0 Å². The number of ether oxygens (including phenoxy) is 1. The lowest BCUT2D eigenvalue weighted by Crippen LogP contribution is -2.37. The van der Waals surface area contributed by atoms with Crippen LogP contribution in [0.2, 0.25) is 0 Å². The van der Waals surface area contributed by atoms with Crippen molar-refractivity contribution in [1.82, 2.24) is 9.97 Å². The molecule has 0 spiro atoms. The summed E-state index contributed by atoms with van der Waals surface area (Å²) in [6.45, 7) is 2.10. The van der Waals surface area contributed by atoms with Gasteiger partial charge in [-0.1, -0.05) is 60.3 Å². The molecule has 5 nitrogen and oxygen atoms in total. The van der Waals surface area contributed by atoms with Crippen molar-refractivity contribution >= 4 is 34.3 Å². The number of hydrogen-bond donors (Lipinski definition) is 0. The first-order valence-corrected chi connectivity index (χ1v) is 11.6. The fourth-order valence-electron chi connectivity index (χ4n) is 4.18. The summed E-state index contributed by atoms with van der Waals surface area (Å²) in [7, 11) is 1.64. The van der Waals surface area contributed by atoms with Crippen LogP contribution in [-0.2, 0) is 11.2 Å². The summed E-state index contributed by atoms with van der Waals surface area (Å²) in [6, 6.07) is 24.0. The standard InChI is InChI=1S/C26H23N3O2S/c1-17-14-19-10-6-7-11-23(19)29(17)24(30)16-32-26-21-15-20(31-2)12-13-22(21)27-25(28-26)18-8-4-3-5-9-18/h3-13,15,17H,14,16H2,1-2H3/t17-/m1/s1. The molecule has 3 aromatic carbocycles. The van der Waals surface area contributed by atoms with Crippen molar-refractivity contribution in [3.05, 3.63) is 78.4 Å². The molecule has 0 unspecified atom stereocenters. The summed E-state index contributed by atoms with van der Waals surface area (Å²) in [6.07, 6.45) is 0.887. The smallest absolute Gasteiger partial charge is 0.237 e. The molecule has 0 fully saturated rings. The number of carbonyl (C=O) groups is 1. The SMILES string of the molecule is COc1ccc2nc(-c3ccccc3)nc(SCC(=O)N3c4ccccc4C[C@H]3C)c2c1. The van der Waals surface area contributed by atoms with Crippen molar-refractivity contribution in [2.24, 2.45) is 0 Å². The Morgan fingerprint density at radius 1 is 1.06 bits per heavy atom. The van der Waals surface area contributed by atoms with Gasteiger partial charge in [-0.2, -0.15) is 0 Å². The number of hydrogen-bond acceptors (Lipinski definition) is 5. The second-order valence-electron chi connectivity index (χ2n) is 7.84. The van der Waals surface area contributed by atoms with Gasteiger partial charge in [0, 0.05) is 22.7 Å². The van der Waals surface area contributed by atoms with E-state index in [1.54, 1.807) is 7.11 Å². The number of amides is 1. The average Bonchev–Trinajstić information content (AvgIpc) is 3.18. The van der Waals surface area contributed by atoms with E-state index in [9.17, 15) is 4.79 Å². The van der Waals surface area contributed by atoms with Crippen molar-refractivity contribution in [3.8, 4) is 17.1 Å². The molecule has 1 aromatic heterocycles. The molecule has 1 aliphatic rings. The van der Waals surface area contributed by atoms with Gasteiger partial charge in [0.25, 0.3) is 0 Å². The predicted molar refractivity (Wildman–Crippen MR) is 129 cm³/mol. The maximum absolute atomic E-state index is 13.2. The Hall–Kier alpha value is -3.38. The van der Waals surface area contributed by atoms with Crippen LogP contribution in [0.5, 0.6) is 5.75 Å². The lowest BCUT2D eigenvalue weighted by molar-refractivity contribution is -0.116. The van der Waals surface area contributed by atoms with Crippen LogP contribution in [0.25, 0.3) is 22.3 Å². The maximum Gasteiger partial charge on any atom is 0.237 e. The van der Waals surface area contributed by atoms with E-state index in [2.05, 4.69) is 13.0 Å². The second kappa shape index (κ2) is 8.63. The number of thioether (sulfide) groups is 1. The van der Waals surface area contributed by atoms with E-state index in [-0.39, 0.29) is 11.9 Å². The number of aromatic nitrogens is 2. The van der Waals surface area contributed by atoms with E-state index < -0.39 is 0 Å². The minimum absolute atomic E-state index is 0.0865. The number of anilines is 1. The highest BCUT2D eigenvalue weighted by Gasteiger charge is 2.30. The first-order valence-electron chi connectivity index (χ1n) is 10.6. The van der Waals surface area contributed by atoms with Crippen LogP contribution in [0.3, 0.4) is 0 Å². The van der Waals surface area contributed by atoms with Crippen LogP contribution in [0.4, 0.5) is 5.69 Å². The zero-order valence-electron chi connectivity index (χ0n) is 18.0. The Morgan fingerprint density at radius 2 is 1.84 bits per heavy atom. The molecule has 32 heavy (non-hydrogen) atoms. The van der Waals surface area contributed by atoms with Crippen LogP contribution >= 0.6 is 11.8 Å². The maximum atomic E-state index is 13.2. The van der Waals surface area contributed by atoms with Crippen molar-refractivity contribution in [1.29, 1.82) is 0 Å². The summed E-state index contributed by atoms with van der Waals surface area (Å²) in [4.78, 5) is 24.8. The molecule has 160 valence electrons. The molecule has 0 saturated carbocycles. The van der Waals surface area contributed by atoms with Gasteiger partial charge in [0.2, 0.25) is 5.91 Å². The summed E-state index contributed by atoms with van der Waals surface area (Å²) in [5.74, 6) is 1.78. The largest absolute Gasteiger partial charge is 0.497 e. The number of carbonyl (C=O) groups excluding carboxylic acids is 1. The number of methoxy groups -OCH3 is 1. The number of para-hydroxylation sites is 1. The Balaban J connectivity index is 1.48. The highest BCUT2D eigenvalue weighted by molar-refractivity contribution is 8.00. The molecule has 6 heteroatoms. The number of benzene rings is 3. The van der Waals surface area contributed by atoms with Gasteiger partial charge in [-0.25, -0.2) is 9.97 Å². The van der Waals surface area contributed by atoms with Crippen LogP contribution in [-0.4, -0.2) is 34.8 Å². The summed E-state index contributed by atoms with van der Waals surface area (Å²) in [5, 5.41) is 1.66. The van der Waals surface area contributed by atoms with E-state index in [1.807, 2.05) is 71.6 Å². The Labute approximate surface area is 191 Å². The first-order chi connectivity index (χ1) is 15.6. The fraction of sp³-hybridized carbons (Fsp3) is 0.192. The molecule has 1 aliphatic heterocycles. The van der Waals surface area contributed by atoms with Gasteiger partial charge in [0.1, 0.15) is 10.8 Å². The van der Waals surface area contributed by atoms with E-state index in [1.165, 1.54) is 17.3 Å². The third-order valence-electron chi connectivity index (χ3n) is 5.71. The summed E-state index contributed by atoms with van der Waals surface area (Å²) < 4.78 is 5.41. The Bertz CT molecular complexity index is 1290. The first kappa shape index (κ1) is 20.5. The molecule has 0 aliphatic carbocycles. The van der Waals surface area contributed by atoms with Gasteiger partial charge < -0.3 is 9.64 Å². The Kier molecular flexibility index (Phi) is 5.53. The molecular formula is C26H23N3O2S. The Morgan fingerprint density at radius 3 is 2.66 bits per heavy atom. The fourth-order valence-corrected chi connectivity index (χ4v) is 5.05. The molecule has 0 N–H and O–H groups in total. The van der Waals surface area contributed by atoms with Gasteiger partial charge in [0.05, 0.1) is 18.4 Å². The number of rotatable bonds is 5. The zero-order valence-corrected chi connectivity index (χ0v) is 18.8. The zero-order chi connectivity index (χ0) is 22.1. The van der Waals surface area contributed by atoms with Gasteiger partial charge in [-0.15, -0.1) is 0 Å². The predicted octanol–water partition coefficient (Wildman–Crippen LogP) is 5.38. The van der Waals surface area contributed by atoms with E-state index in [4.69, 9.17) is 14.7 Å². The van der Waals surface area contributed by atoms with Gasteiger partial charge in [0.15, 0.2) is 5.82 Å². The molecule has 1 amide bonds. The lowest BCUT2D eigenvalue weighted by atomic mass is 10.1. The minimum Gasteiger partial charge on any atom is -0.497 e. The van der Waals surface area contributed by atoms with E-state index in [0.29, 0.717) is 11.6 Å². The lowest BCUT2D eigenvalue weighted by Gasteiger charge is -2.22. The average molecular weight is 442 g/mol. The van der Waals surface area contributed by atoms with Crippen LogP contribution in [0.15, 0.2) is 77.8 Å². The summed E-state index contributed by atoms with van der Waals surface area (Å²) in [5.41, 5.74) is 4.02. The molecule has 0 saturated heterocycles. The van der Waals surface area contributed by atoms with E-state index in [0.717, 1.165) is 39.4 Å². The minimum atomic E-state index is 0.0865. The quantitative estimate of drug-likeness (QED) is 0.308. The second-order valence-corrected chi connectivity index (χ2v) is 8.80. The van der Waals surface area contributed by atoms with Crippen LogP contribution in [0.1, 0.15) is 12.5 Å². The molecule has 2 heterocycles. The van der Waals surface area contributed by atoms with Gasteiger partial charge in [-0.05, 0) is 43.2 Å². The van der Waals surface area contributed by atoms with Gasteiger partial charge >= 0.3 is 0 Å². The topological polar surface area (TPSA) is 55.3 Å². The highest BCUT2D eigenvalue weighted by Crippen LogP contribution is 2.34. The molecule has 4 aromatic rings. The van der Waals surface area contributed by atoms with Crippen molar-refractivity contribution in [3.63, 3.8) is 0 Å². The third-order valence-corrected chi connectivity index (χ3v) is 6.68. The van der Waals surface area contributed by atoms with Crippen LogP contribution < -0.4 is 9.64 Å². The molecule has 0 bridgehead atoms. The molecule has 0 radical (unpaired) electrons. The molecule has 5 rings (SSSR count). The number of nitrogens with zero attached hydrogens (tertiary/aromatic N) is 3. The summed E-state index contributed by atoms with van der Waals surface area (Å²) >= 11 is 1.45. The normalized spacial score (nSPS) is 15.1. The third kappa shape index (κ3) is 3.82. The number of fused-ring (bicyclic) bond motifs is 2. The van der Waals surface area contributed by atoms with Crippen molar-refractivity contribution < 1.29 is 9.53 Å². The highest BCUT2D eigenvalue weighted by atomic mass is 32.2. The van der Waals surface area contributed by atoms with Gasteiger partial charge in [-0.3, -0.25) is 4.79 Å². The molecular weight excluding hydrogens is 418 g/mol.